The third-order valence-electron chi connectivity index (χ3n) is 5.91. The number of nitrogens with zero attached hydrogens (tertiary/aromatic N) is 2. The monoisotopic (exact) mass is 370 g/mol. The number of carbonyl (C=O) groups excluding carboxylic acids is 1. The van der Waals surface area contributed by atoms with Gasteiger partial charge >= 0.3 is 0 Å². The molecular formula is C21H26N2O2S. The Morgan fingerprint density at radius 3 is 2.62 bits per heavy atom. The van der Waals surface area contributed by atoms with Gasteiger partial charge in [-0.05, 0) is 55.9 Å². The van der Waals surface area contributed by atoms with Crippen molar-refractivity contribution in [1.29, 1.82) is 0 Å². The Labute approximate surface area is 159 Å². The molecule has 1 aromatic heterocycles. The number of hydrogen-bond donors (Lipinski definition) is 0. The molecule has 4 nitrogen and oxygen atoms in total. The zero-order valence-electron chi connectivity index (χ0n) is 15.5. The second-order valence-electron chi connectivity index (χ2n) is 7.51. The highest BCUT2D eigenvalue weighted by molar-refractivity contribution is 7.17. The zero-order valence-corrected chi connectivity index (χ0v) is 16.3. The van der Waals surface area contributed by atoms with E-state index in [2.05, 4.69) is 9.88 Å². The van der Waals surface area contributed by atoms with E-state index >= 15 is 0 Å². The van der Waals surface area contributed by atoms with Crippen molar-refractivity contribution in [2.75, 3.05) is 20.2 Å². The molecule has 1 saturated carbocycles. The lowest BCUT2D eigenvalue weighted by Gasteiger charge is -2.41. The van der Waals surface area contributed by atoms with Gasteiger partial charge in [-0.2, -0.15) is 0 Å². The number of aryl methyl sites for hydroxylation is 1. The highest BCUT2D eigenvalue weighted by Gasteiger charge is 2.34. The molecular weight excluding hydrogens is 344 g/mol. The van der Waals surface area contributed by atoms with Gasteiger partial charge in [-0.3, -0.25) is 4.79 Å². The Bertz CT molecular complexity index is 784. The third kappa shape index (κ3) is 3.37. The summed E-state index contributed by atoms with van der Waals surface area (Å²) in [7, 11) is 1.66. The number of amides is 1. The second-order valence-corrected chi connectivity index (χ2v) is 8.51. The Hall–Kier alpha value is -1.88. The van der Waals surface area contributed by atoms with Gasteiger partial charge in [0.1, 0.15) is 15.6 Å². The molecule has 2 heterocycles. The lowest BCUT2D eigenvalue weighted by Crippen LogP contribution is -2.44. The van der Waals surface area contributed by atoms with Crippen molar-refractivity contribution < 1.29 is 9.53 Å². The Kier molecular flexibility index (Phi) is 4.98. The topological polar surface area (TPSA) is 42.4 Å². The summed E-state index contributed by atoms with van der Waals surface area (Å²) in [5.41, 5.74) is 1.88. The number of piperidine rings is 1. The van der Waals surface area contributed by atoms with E-state index < -0.39 is 0 Å². The zero-order chi connectivity index (χ0) is 18.1. The smallest absolute Gasteiger partial charge is 0.265 e. The molecule has 1 saturated heterocycles. The molecule has 138 valence electrons. The van der Waals surface area contributed by atoms with Crippen molar-refractivity contribution in [1.82, 2.24) is 9.88 Å². The summed E-state index contributed by atoms with van der Waals surface area (Å²) >= 11 is 1.51. The van der Waals surface area contributed by atoms with Gasteiger partial charge in [0.15, 0.2) is 0 Å². The standard InChI is InChI=1S/C21H26N2O2S/c1-14-19(26-20(22-14)16-7-9-18(25-2)10-8-16)21(24)23-12-11-15-5-3-4-6-17(15)13-23/h7-10,15,17H,3-6,11-13H2,1-2H3/t15-,17+/m0/s1. The Morgan fingerprint density at radius 2 is 1.88 bits per heavy atom. The number of likely N-dealkylation sites (tertiary alicyclic amines) is 1. The minimum Gasteiger partial charge on any atom is -0.497 e. The summed E-state index contributed by atoms with van der Waals surface area (Å²) in [5.74, 6) is 2.54. The van der Waals surface area contributed by atoms with Crippen LogP contribution in [-0.4, -0.2) is 36.0 Å². The first-order valence-electron chi connectivity index (χ1n) is 9.57. The van der Waals surface area contributed by atoms with Crippen LogP contribution in [0.3, 0.4) is 0 Å². The average Bonchev–Trinajstić information content (AvgIpc) is 3.08. The van der Waals surface area contributed by atoms with Gasteiger partial charge in [0.05, 0.1) is 12.8 Å². The van der Waals surface area contributed by atoms with Crippen molar-refractivity contribution in [3.63, 3.8) is 0 Å². The highest BCUT2D eigenvalue weighted by Crippen LogP contribution is 2.37. The fraction of sp³-hybridized carbons (Fsp3) is 0.524. The van der Waals surface area contributed by atoms with Crippen LogP contribution in [0.1, 0.15) is 47.5 Å². The second kappa shape index (κ2) is 7.39. The van der Waals surface area contributed by atoms with Crippen LogP contribution in [0, 0.1) is 18.8 Å². The molecule has 2 aromatic rings. The molecule has 2 atom stereocenters. The minimum absolute atomic E-state index is 0.170. The van der Waals surface area contributed by atoms with Gasteiger partial charge in [-0.1, -0.05) is 19.3 Å². The van der Waals surface area contributed by atoms with E-state index in [0.29, 0.717) is 5.92 Å². The van der Waals surface area contributed by atoms with Crippen molar-refractivity contribution in [2.24, 2.45) is 11.8 Å². The van der Waals surface area contributed by atoms with E-state index in [9.17, 15) is 4.79 Å². The number of benzene rings is 1. The molecule has 5 heteroatoms. The molecule has 4 rings (SSSR count). The lowest BCUT2D eigenvalue weighted by molar-refractivity contribution is 0.0524. The first-order chi connectivity index (χ1) is 12.7. The quantitative estimate of drug-likeness (QED) is 0.781. The SMILES string of the molecule is COc1ccc(-c2nc(C)c(C(=O)N3CC[C@@H]4CCCC[C@@H]4C3)s2)cc1. The number of hydrogen-bond acceptors (Lipinski definition) is 4. The lowest BCUT2D eigenvalue weighted by atomic mass is 9.75. The van der Waals surface area contributed by atoms with E-state index in [4.69, 9.17) is 4.74 Å². The van der Waals surface area contributed by atoms with E-state index in [-0.39, 0.29) is 5.91 Å². The first-order valence-corrected chi connectivity index (χ1v) is 10.4. The molecule has 1 aliphatic heterocycles. The summed E-state index contributed by atoms with van der Waals surface area (Å²) in [4.78, 5) is 20.7. The van der Waals surface area contributed by atoms with Crippen LogP contribution in [0.5, 0.6) is 5.75 Å². The molecule has 1 aromatic carbocycles. The maximum atomic E-state index is 13.1. The number of methoxy groups -OCH3 is 1. The molecule has 26 heavy (non-hydrogen) atoms. The van der Waals surface area contributed by atoms with E-state index in [1.165, 1.54) is 43.4 Å². The van der Waals surface area contributed by atoms with Crippen molar-refractivity contribution in [2.45, 2.75) is 39.0 Å². The average molecular weight is 371 g/mol. The maximum absolute atomic E-state index is 13.1. The van der Waals surface area contributed by atoms with Gasteiger partial charge in [-0.15, -0.1) is 11.3 Å². The summed E-state index contributed by atoms with van der Waals surface area (Å²) in [6.07, 6.45) is 6.50. The number of carbonyl (C=O) groups is 1. The van der Waals surface area contributed by atoms with Crippen LogP contribution in [-0.2, 0) is 0 Å². The first kappa shape index (κ1) is 17.5. The molecule has 0 bridgehead atoms. The van der Waals surface area contributed by atoms with E-state index in [1.807, 2.05) is 31.2 Å². The van der Waals surface area contributed by atoms with Crippen LogP contribution < -0.4 is 4.74 Å². The number of aromatic nitrogens is 1. The molecule has 0 spiro atoms. The van der Waals surface area contributed by atoms with Gasteiger partial charge in [0.25, 0.3) is 5.91 Å². The number of rotatable bonds is 3. The van der Waals surface area contributed by atoms with Crippen LogP contribution in [0.25, 0.3) is 10.6 Å². The van der Waals surface area contributed by atoms with Crippen LogP contribution >= 0.6 is 11.3 Å². The van der Waals surface area contributed by atoms with Crippen molar-refractivity contribution >= 4 is 17.2 Å². The minimum atomic E-state index is 0.170. The molecule has 2 fully saturated rings. The molecule has 0 N–H and O–H groups in total. The van der Waals surface area contributed by atoms with Crippen LogP contribution in [0.2, 0.25) is 0 Å². The summed E-state index contributed by atoms with van der Waals surface area (Å²) < 4.78 is 5.22. The predicted molar refractivity (Wildman–Crippen MR) is 105 cm³/mol. The highest BCUT2D eigenvalue weighted by atomic mass is 32.1. The van der Waals surface area contributed by atoms with Crippen molar-refractivity contribution in [3.05, 3.63) is 34.8 Å². The number of fused-ring (bicyclic) bond motifs is 1. The summed E-state index contributed by atoms with van der Waals surface area (Å²) in [6.45, 7) is 3.78. The third-order valence-corrected chi connectivity index (χ3v) is 7.10. The predicted octanol–water partition coefficient (Wildman–Crippen LogP) is 4.78. The molecule has 2 aliphatic rings. The van der Waals surface area contributed by atoms with Crippen LogP contribution in [0.15, 0.2) is 24.3 Å². The molecule has 1 amide bonds. The fourth-order valence-electron chi connectivity index (χ4n) is 4.38. The maximum Gasteiger partial charge on any atom is 0.265 e. The van der Waals surface area contributed by atoms with Gasteiger partial charge in [0, 0.05) is 18.7 Å². The van der Waals surface area contributed by atoms with E-state index in [1.54, 1.807) is 7.11 Å². The van der Waals surface area contributed by atoms with Gasteiger partial charge in [0.2, 0.25) is 0 Å². The van der Waals surface area contributed by atoms with Crippen LogP contribution in [0.4, 0.5) is 0 Å². The Morgan fingerprint density at radius 1 is 1.15 bits per heavy atom. The summed E-state index contributed by atoms with van der Waals surface area (Å²) in [5, 5.41) is 0.904. The largest absolute Gasteiger partial charge is 0.497 e. The molecule has 0 unspecified atom stereocenters. The number of ether oxygens (including phenoxy) is 1. The molecule has 1 aliphatic carbocycles. The molecule has 0 radical (unpaired) electrons. The van der Waals surface area contributed by atoms with Crippen molar-refractivity contribution in [3.8, 4) is 16.3 Å². The van der Waals surface area contributed by atoms with Gasteiger partial charge in [-0.25, -0.2) is 4.98 Å². The van der Waals surface area contributed by atoms with Gasteiger partial charge < -0.3 is 9.64 Å². The fourth-order valence-corrected chi connectivity index (χ4v) is 5.42. The Balaban J connectivity index is 1.52. The normalized spacial score (nSPS) is 22.8. The van der Waals surface area contributed by atoms with E-state index in [0.717, 1.165) is 45.9 Å². The summed E-state index contributed by atoms with van der Waals surface area (Å²) in [6, 6.07) is 7.86. The number of thiazole rings is 1.